The van der Waals surface area contributed by atoms with Crippen molar-refractivity contribution in [3.8, 4) is 0 Å². The first-order valence-corrected chi connectivity index (χ1v) is 27.1. The van der Waals surface area contributed by atoms with Crippen molar-refractivity contribution in [2.24, 2.45) is 46.2 Å². The summed E-state index contributed by atoms with van der Waals surface area (Å²) in [5.74, 6) is -8.27. The SMILES string of the molecule is CN=C(N)NCCC/C=C/CCCC(C)C1OC(=O)C=CC=CC(C)C(O)CC(O)C(C)C(O)CCC(C)C(O)CC2(O)OC(CC(O)CC(OC(=O)CC(=O)O)CC(O)C(C)C(O)C(C)=CC=CC1C)CC(O)C2O. The lowest BCUT2D eigenvalue weighted by Gasteiger charge is -2.45. The van der Waals surface area contributed by atoms with Crippen LogP contribution in [0.25, 0.3) is 0 Å². The molecule has 0 aromatic heterocycles. The number of hydrogen-bond acceptors (Lipinski definition) is 17. The number of allylic oxidation sites excluding steroid dienone is 6. The number of hydrogen-bond donors (Lipinski definition) is 13. The van der Waals surface area contributed by atoms with Crippen LogP contribution in [0.4, 0.5) is 0 Å². The monoisotopic (exact) mass is 1080 g/mol. The normalized spacial score (nSPS) is 36.6. The number of nitrogens with zero attached hydrogens (tertiary/aromatic N) is 1. The van der Waals surface area contributed by atoms with Crippen LogP contribution in [0, 0.1) is 35.5 Å². The number of carboxylic acids is 1. The molecular formula is C56H95N3O17. The van der Waals surface area contributed by atoms with Crippen LogP contribution in [-0.4, -0.2) is 173 Å². The van der Waals surface area contributed by atoms with Gasteiger partial charge in [-0.1, -0.05) is 90.2 Å². The second-order valence-electron chi connectivity index (χ2n) is 21.6. The van der Waals surface area contributed by atoms with E-state index in [1.165, 1.54) is 12.2 Å². The van der Waals surface area contributed by atoms with Crippen LogP contribution in [0.5, 0.6) is 0 Å². The largest absolute Gasteiger partial charge is 0.481 e. The Kier molecular flexibility index (Phi) is 31.1. The fourth-order valence-corrected chi connectivity index (χ4v) is 9.58. The van der Waals surface area contributed by atoms with E-state index in [1.54, 1.807) is 66.0 Å². The number of aliphatic imine (C=N–C) groups is 1. The minimum atomic E-state index is -2.49. The van der Waals surface area contributed by atoms with Crippen LogP contribution in [0.2, 0.25) is 0 Å². The molecule has 76 heavy (non-hydrogen) atoms. The number of aliphatic hydroxyl groups is 10. The first-order chi connectivity index (χ1) is 35.7. The van der Waals surface area contributed by atoms with Gasteiger partial charge < -0.3 is 81.4 Å². The summed E-state index contributed by atoms with van der Waals surface area (Å²) < 4.78 is 17.3. The van der Waals surface area contributed by atoms with Gasteiger partial charge in [-0.25, -0.2) is 4.79 Å². The number of guanidine groups is 1. The Morgan fingerprint density at radius 1 is 0.816 bits per heavy atom. The van der Waals surface area contributed by atoms with Crippen molar-refractivity contribution >= 4 is 23.9 Å². The van der Waals surface area contributed by atoms with Crippen LogP contribution < -0.4 is 11.1 Å². The summed E-state index contributed by atoms with van der Waals surface area (Å²) in [4.78, 5) is 41.2. The molecule has 19 unspecified atom stereocenters. The molecule has 2 heterocycles. The molecule has 20 heteroatoms. The van der Waals surface area contributed by atoms with Gasteiger partial charge in [0.2, 0.25) is 0 Å². The highest BCUT2D eigenvalue weighted by Gasteiger charge is 2.50. The molecule has 19 atom stereocenters. The number of carbonyl (C=O) groups is 3. The summed E-state index contributed by atoms with van der Waals surface area (Å²) in [5, 5.41) is 124. The Hall–Kier alpha value is -4.06. The van der Waals surface area contributed by atoms with E-state index in [-0.39, 0.29) is 56.8 Å². The Morgan fingerprint density at radius 2 is 1.46 bits per heavy atom. The van der Waals surface area contributed by atoms with Gasteiger partial charge in [0.25, 0.3) is 0 Å². The maximum Gasteiger partial charge on any atom is 0.331 e. The van der Waals surface area contributed by atoms with E-state index in [2.05, 4.69) is 22.5 Å². The summed E-state index contributed by atoms with van der Waals surface area (Å²) in [6, 6.07) is 0. The van der Waals surface area contributed by atoms with Crippen molar-refractivity contribution < 1.29 is 84.8 Å². The van der Waals surface area contributed by atoms with Crippen LogP contribution in [-0.2, 0) is 28.6 Å². The van der Waals surface area contributed by atoms with Crippen LogP contribution in [0.3, 0.4) is 0 Å². The number of rotatable bonds is 12. The quantitative estimate of drug-likeness (QED) is 0.0333. The zero-order valence-corrected chi connectivity index (χ0v) is 46.1. The van der Waals surface area contributed by atoms with Crippen molar-refractivity contribution in [1.29, 1.82) is 0 Å². The number of esters is 2. The van der Waals surface area contributed by atoms with E-state index >= 15 is 0 Å². The molecule has 14 N–H and O–H groups in total. The lowest BCUT2D eigenvalue weighted by molar-refractivity contribution is -0.333. The predicted octanol–water partition coefficient (Wildman–Crippen LogP) is 3.23. The second kappa shape index (κ2) is 34.7. The van der Waals surface area contributed by atoms with Crippen molar-refractivity contribution in [2.45, 2.75) is 217 Å². The first kappa shape index (κ1) is 68.0. The fraction of sp³-hybridized carbons (Fsp3) is 0.750. The molecule has 0 aromatic carbocycles. The summed E-state index contributed by atoms with van der Waals surface area (Å²) in [6.45, 7) is 12.9. The third-order valence-electron chi connectivity index (χ3n) is 15.0. The summed E-state index contributed by atoms with van der Waals surface area (Å²) in [6.07, 6.45) is 2.36. The number of carbonyl (C=O) groups excluding carboxylic acids is 2. The van der Waals surface area contributed by atoms with Gasteiger partial charge in [0.05, 0.1) is 54.9 Å². The zero-order chi connectivity index (χ0) is 57.3. The number of ether oxygens (including phenoxy) is 3. The topological polar surface area (TPSA) is 352 Å². The first-order valence-electron chi connectivity index (χ1n) is 27.1. The number of aliphatic hydroxyl groups excluding tert-OH is 9. The highest BCUT2D eigenvalue weighted by Crippen LogP contribution is 2.36. The molecular weight excluding hydrogens is 987 g/mol. The lowest BCUT2D eigenvalue weighted by Crippen LogP contribution is -2.59. The number of aliphatic carboxylic acids is 1. The van der Waals surface area contributed by atoms with Crippen LogP contribution in [0.1, 0.15) is 138 Å². The highest BCUT2D eigenvalue weighted by molar-refractivity contribution is 5.90. The lowest BCUT2D eigenvalue weighted by atomic mass is 9.83. The van der Waals surface area contributed by atoms with Crippen molar-refractivity contribution in [1.82, 2.24) is 5.32 Å². The molecule has 2 bridgehead atoms. The van der Waals surface area contributed by atoms with Gasteiger partial charge >= 0.3 is 17.9 Å². The zero-order valence-electron chi connectivity index (χ0n) is 46.1. The number of carboxylic acid groups (broad SMARTS) is 1. The second-order valence-corrected chi connectivity index (χ2v) is 21.6. The minimum Gasteiger partial charge on any atom is -0.481 e. The third-order valence-corrected chi connectivity index (χ3v) is 15.0. The molecule has 2 aliphatic rings. The van der Waals surface area contributed by atoms with Gasteiger partial charge in [-0.3, -0.25) is 14.6 Å². The number of nitrogens with one attached hydrogen (secondary N) is 1. The average molecular weight is 1080 g/mol. The summed E-state index contributed by atoms with van der Waals surface area (Å²) in [7, 11) is 1.62. The molecule has 0 aliphatic carbocycles. The Morgan fingerprint density at radius 3 is 2.12 bits per heavy atom. The molecule has 1 fully saturated rings. The molecule has 0 radical (unpaired) electrons. The maximum atomic E-state index is 13.3. The number of cyclic esters (lactones) is 1. The molecule has 1 saturated heterocycles. The van der Waals surface area contributed by atoms with Crippen molar-refractivity contribution in [3.63, 3.8) is 0 Å². The minimum absolute atomic E-state index is 0.0676. The Balaban J connectivity index is 2.45. The van der Waals surface area contributed by atoms with E-state index in [0.29, 0.717) is 18.1 Å². The molecule has 0 amide bonds. The molecule has 20 nitrogen and oxygen atoms in total. The van der Waals surface area contributed by atoms with Gasteiger partial charge in [0.1, 0.15) is 24.7 Å². The highest BCUT2D eigenvalue weighted by atomic mass is 16.7. The van der Waals surface area contributed by atoms with Gasteiger partial charge in [0, 0.05) is 75.4 Å². The standard InChI is InChI=1S/C56H95N3O17/c1-33-18-14-15-22-50(69)75-53(36(4)19-13-11-9-10-12-16-25-59-55(57)58-8)37(5)21-17-20-35(3)52(71)39(7)45(63)28-41(74-51(70)31-49(67)68)26-40(60)27-42-29-47(65)54(72)56(73,76-42)32-48(66)34(2)23-24-43(61)38(6)46(64)30-44(33)62/h9-10,14-15,17-18,20-22,33-34,36-48,52-54,60-66,71-73H,11-13,16,19,23-32H2,1-8H3,(H,67,68)(H3,57,58,59)/b10-9+,18-14?,21-17?,22-15?,35-20?. The average Bonchev–Trinajstić information content (AvgIpc) is 3.35. The van der Waals surface area contributed by atoms with E-state index in [9.17, 15) is 70.6 Å². The fourth-order valence-electron chi connectivity index (χ4n) is 9.58. The summed E-state index contributed by atoms with van der Waals surface area (Å²) >= 11 is 0. The van der Waals surface area contributed by atoms with Crippen LogP contribution in [0.15, 0.2) is 65.2 Å². The molecule has 2 aliphatic heterocycles. The maximum absolute atomic E-state index is 13.3. The van der Waals surface area contributed by atoms with Crippen molar-refractivity contribution in [3.05, 3.63) is 60.3 Å². The van der Waals surface area contributed by atoms with E-state index in [4.69, 9.17) is 19.9 Å². The van der Waals surface area contributed by atoms with Gasteiger partial charge in [0.15, 0.2) is 11.7 Å². The van der Waals surface area contributed by atoms with E-state index in [0.717, 1.165) is 32.1 Å². The third kappa shape index (κ3) is 24.7. The summed E-state index contributed by atoms with van der Waals surface area (Å²) in [5.41, 5.74) is 6.14. The number of unbranched alkanes of at least 4 members (excludes halogenated alkanes) is 2. The van der Waals surface area contributed by atoms with Gasteiger partial charge in [-0.05, 0) is 75.7 Å². The molecule has 0 spiro atoms. The molecule has 0 saturated carbocycles. The predicted molar refractivity (Wildman–Crippen MR) is 287 cm³/mol. The smallest absolute Gasteiger partial charge is 0.331 e. The Labute approximate surface area is 450 Å². The van der Waals surface area contributed by atoms with E-state index < -0.39 is 133 Å². The molecule has 436 valence electrons. The number of nitrogens with two attached hydrogens (primary N) is 1. The van der Waals surface area contributed by atoms with E-state index in [1.807, 2.05) is 19.9 Å². The number of fused-ring (bicyclic) bond motifs is 2. The van der Waals surface area contributed by atoms with Crippen LogP contribution >= 0.6 is 0 Å². The van der Waals surface area contributed by atoms with Gasteiger partial charge in [-0.2, -0.15) is 0 Å². The van der Waals surface area contributed by atoms with Crippen molar-refractivity contribution in [2.75, 3.05) is 13.6 Å². The Bertz CT molecular complexity index is 1910. The molecule has 0 aromatic rings. The molecule has 2 rings (SSSR count). The van der Waals surface area contributed by atoms with Gasteiger partial charge in [-0.15, -0.1) is 0 Å².